The molecular formula is C23H26ClN3O3. The minimum atomic E-state index is 0.00946. The molecule has 0 aliphatic carbocycles. The number of methoxy groups -OCH3 is 1. The molecule has 3 aromatic rings. The Hall–Kier alpha value is -2.57. The lowest BCUT2D eigenvalue weighted by Gasteiger charge is -2.32. The summed E-state index contributed by atoms with van der Waals surface area (Å²) >= 11 is 6.16. The molecule has 30 heavy (non-hydrogen) atoms. The number of carbonyl (C=O) groups is 1. The number of likely N-dealkylation sites (tertiary alicyclic amines) is 1. The van der Waals surface area contributed by atoms with Crippen molar-refractivity contribution >= 4 is 23.2 Å². The molecule has 0 radical (unpaired) electrons. The second kappa shape index (κ2) is 9.06. The average Bonchev–Trinajstić information content (AvgIpc) is 3.15. The second-order valence-electron chi connectivity index (χ2n) is 7.49. The summed E-state index contributed by atoms with van der Waals surface area (Å²) in [7, 11) is 1.66. The van der Waals surface area contributed by atoms with Gasteiger partial charge in [0.15, 0.2) is 0 Å². The van der Waals surface area contributed by atoms with E-state index >= 15 is 0 Å². The van der Waals surface area contributed by atoms with E-state index < -0.39 is 0 Å². The SMILES string of the molecule is CCc1nc2ccc(Cl)cn2c1C(=O)N1CCC(OCc2ccc(OC)cc2)CC1. The van der Waals surface area contributed by atoms with Crippen molar-refractivity contribution in [2.45, 2.75) is 38.9 Å². The Kier molecular flexibility index (Phi) is 6.25. The second-order valence-corrected chi connectivity index (χ2v) is 7.92. The number of carbonyl (C=O) groups excluding carboxylic acids is 1. The Morgan fingerprint density at radius 2 is 1.90 bits per heavy atom. The van der Waals surface area contributed by atoms with Crippen molar-refractivity contribution in [1.82, 2.24) is 14.3 Å². The van der Waals surface area contributed by atoms with Crippen LogP contribution in [-0.4, -0.2) is 46.5 Å². The molecule has 1 saturated heterocycles. The van der Waals surface area contributed by atoms with Gasteiger partial charge in [-0.1, -0.05) is 30.7 Å². The first kappa shape index (κ1) is 20.7. The van der Waals surface area contributed by atoms with Gasteiger partial charge in [-0.3, -0.25) is 9.20 Å². The summed E-state index contributed by atoms with van der Waals surface area (Å²) in [5.41, 5.74) is 3.29. The van der Waals surface area contributed by atoms with E-state index in [1.54, 1.807) is 19.4 Å². The number of benzene rings is 1. The molecule has 6 nitrogen and oxygen atoms in total. The highest BCUT2D eigenvalue weighted by Gasteiger charge is 2.28. The highest BCUT2D eigenvalue weighted by atomic mass is 35.5. The van der Waals surface area contributed by atoms with Gasteiger partial charge >= 0.3 is 0 Å². The molecule has 2 aromatic heterocycles. The first-order valence-electron chi connectivity index (χ1n) is 10.3. The van der Waals surface area contributed by atoms with Crippen LogP contribution in [0, 0.1) is 0 Å². The fourth-order valence-electron chi connectivity index (χ4n) is 3.85. The zero-order valence-electron chi connectivity index (χ0n) is 17.3. The topological polar surface area (TPSA) is 56.1 Å². The number of ether oxygens (including phenoxy) is 2. The van der Waals surface area contributed by atoms with E-state index in [0.29, 0.717) is 36.8 Å². The van der Waals surface area contributed by atoms with Crippen LogP contribution >= 0.6 is 11.6 Å². The minimum Gasteiger partial charge on any atom is -0.497 e. The highest BCUT2D eigenvalue weighted by Crippen LogP contribution is 2.22. The number of fused-ring (bicyclic) bond motifs is 1. The summed E-state index contributed by atoms with van der Waals surface area (Å²) in [6, 6.07) is 11.5. The molecule has 3 heterocycles. The van der Waals surface area contributed by atoms with Gasteiger partial charge in [-0.15, -0.1) is 0 Å². The summed E-state index contributed by atoms with van der Waals surface area (Å²) in [4.78, 5) is 19.8. The number of imidazole rings is 1. The molecule has 1 aliphatic heterocycles. The van der Waals surface area contributed by atoms with Gasteiger partial charge in [0.25, 0.3) is 5.91 Å². The van der Waals surface area contributed by atoms with Crippen LogP contribution in [0.15, 0.2) is 42.6 Å². The monoisotopic (exact) mass is 427 g/mol. The summed E-state index contributed by atoms with van der Waals surface area (Å²) in [5.74, 6) is 0.848. The smallest absolute Gasteiger partial charge is 0.272 e. The average molecular weight is 428 g/mol. The predicted molar refractivity (Wildman–Crippen MR) is 116 cm³/mol. The first-order valence-corrected chi connectivity index (χ1v) is 10.7. The zero-order valence-corrected chi connectivity index (χ0v) is 18.1. The molecule has 0 atom stereocenters. The summed E-state index contributed by atoms with van der Waals surface area (Å²) in [5, 5.41) is 0.585. The van der Waals surface area contributed by atoms with Crippen LogP contribution in [0.25, 0.3) is 5.65 Å². The Bertz CT molecular complexity index is 1020. The number of nitrogens with zero attached hydrogens (tertiary/aromatic N) is 3. The van der Waals surface area contributed by atoms with Crippen LogP contribution in [0.5, 0.6) is 5.75 Å². The van der Waals surface area contributed by atoms with Crippen LogP contribution < -0.4 is 4.74 Å². The number of hydrogen-bond acceptors (Lipinski definition) is 4. The van der Waals surface area contributed by atoms with Gasteiger partial charge in [-0.25, -0.2) is 4.98 Å². The molecule has 4 rings (SSSR count). The van der Waals surface area contributed by atoms with Crippen molar-refractivity contribution in [3.63, 3.8) is 0 Å². The van der Waals surface area contributed by atoms with Gasteiger partial charge < -0.3 is 14.4 Å². The molecule has 0 unspecified atom stereocenters. The molecule has 0 spiro atoms. The molecule has 0 N–H and O–H groups in total. The number of aryl methyl sites for hydroxylation is 1. The zero-order chi connectivity index (χ0) is 21.1. The third-order valence-electron chi connectivity index (χ3n) is 5.57. The number of rotatable bonds is 6. The van der Waals surface area contributed by atoms with Crippen LogP contribution in [0.4, 0.5) is 0 Å². The third-order valence-corrected chi connectivity index (χ3v) is 5.79. The summed E-state index contributed by atoms with van der Waals surface area (Å²) in [6.45, 7) is 3.92. The lowest BCUT2D eigenvalue weighted by molar-refractivity contribution is -0.000561. The lowest BCUT2D eigenvalue weighted by Crippen LogP contribution is -2.41. The Morgan fingerprint density at radius 3 is 2.57 bits per heavy atom. The summed E-state index contributed by atoms with van der Waals surface area (Å²) < 4.78 is 13.1. The van der Waals surface area contributed by atoms with Crippen molar-refractivity contribution in [2.75, 3.05) is 20.2 Å². The maximum atomic E-state index is 13.3. The molecular weight excluding hydrogens is 402 g/mol. The van der Waals surface area contributed by atoms with Crippen molar-refractivity contribution in [1.29, 1.82) is 0 Å². The predicted octanol–water partition coefficient (Wildman–Crippen LogP) is 4.38. The molecule has 158 valence electrons. The van der Waals surface area contributed by atoms with Crippen LogP contribution in [0.2, 0.25) is 5.02 Å². The van der Waals surface area contributed by atoms with Gasteiger partial charge in [0.05, 0.1) is 30.5 Å². The first-order chi connectivity index (χ1) is 14.6. The van der Waals surface area contributed by atoms with Crippen LogP contribution in [-0.2, 0) is 17.8 Å². The highest BCUT2D eigenvalue weighted by molar-refractivity contribution is 6.30. The van der Waals surface area contributed by atoms with E-state index in [0.717, 1.165) is 35.5 Å². The third kappa shape index (κ3) is 4.30. The van der Waals surface area contributed by atoms with E-state index in [9.17, 15) is 4.79 Å². The van der Waals surface area contributed by atoms with Gasteiger partial charge in [0.2, 0.25) is 0 Å². The standard InChI is InChI=1S/C23H26ClN3O3/c1-3-20-22(27-14-17(24)6-9-21(27)25-20)23(28)26-12-10-19(11-13-26)30-15-16-4-7-18(29-2)8-5-16/h4-9,14,19H,3,10-13,15H2,1-2H3. The van der Waals surface area contributed by atoms with E-state index in [4.69, 9.17) is 21.1 Å². The fraction of sp³-hybridized carbons (Fsp3) is 0.391. The van der Waals surface area contributed by atoms with Crippen molar-refractivity contribution in [2.24, 2.45) is 0 Å². The Morgan fingerprint density at radius 1 is 1.17 bits per heavy atom. The Balaban J connectivity index is 1.38. The molecule has 0 saturated carbocycles. The van der Waals surface area contributed by atoms with Crippen molar-refractivity contribution in [3.05, 3.63) is 64.6 Å². The quantitative estimate of drug-likeness (QED) is 0.585. The maximum Gasteiger partial charge on any atom is 0.272 e. The van der Waals surface area contributed by atoms with E-state index in [-0.39, 0.29) is 12.0 Å². The number of halogens is 1. The van der Waals surface area contributed by atoms with Gasteiger partial charge in [0.1, 0.15) is 17.1 Å². The van der Waals surface area contributed by atoms with Crippen molar-refractivity contribution in [3.8, 4) is 5.75 Å². The van der Waals surface area contributed by atoms with Crippen molar-refractivity contribution < 1.29 is 14.3 Å². The number of pyridine rings is 1. The molecule has 1 aliphatic rings. The minimum absolute atomic E-state index is 0.00946. The van der Waals surface area contributed by atoms with Crippen LogP contribution in [0.1, 0.15) is 41.5 Å². The molecule has 0 bridgehead atoms. The van der Waals surface area contributed by atoms with Crippen LogP contribution in [0.3, 0.4) is 0 Å². The number of piperidine rings is 1. The molecule has 1 aromatic carbocycles. The maximum absolute atomic E-state index is 13.3. The molecule has 1 amide bonds. The Labute approximate surface area is 181 Å². The number of hydrogen-bond donors (Lipinski definition) is 0. The largest absolute Gasteiger partial charge is 0.497 e. The number of amides is 1. The van der Waals surface area contributed by atoms with Gasteiger partial charge in [-0.2, -0.15) is 0 Å². The lowest BCUT2D eigenvalue weighted by atomic mass is 10.1. The number of aromatic nitrogens is 2. The molecule has 7 heteroatoms. The fourth-order valence-corrected chi connectivity index (χ4v) is 4.01. The van der Waals surface area contributed by atoms with Gasteiger partial charge in [-0.05, 0) is 49.1 Å². The van der Waals surface area contributed by atoms with E-state index in [2.05, 4.69) is 4.98 Å². The van der Waals surface area contributed by atoms with E-state index in [1.165, 1.54) is 0 Å². The van der Waals surface area contributed by atoms with E-state index in [1.807, 2.05) is 46.6 Å². The summed E-state index contributed by atoms with van der Waals surface area (Å²) in [6.07, 6.45) is 4.25. The van der Waals surface area contributed by atoms with Gasteiger partial charge in [0, 0.05) is 19.3 Å². The normalized spacial score (nSPS) is 15.0. The molecule has 1 fully saturated rings.